The summed E-state index contributed by atoms with van der Waals surface area (Å²) in [6.07, 6.45) is 0. The molecule has 1 heteroatoms. The average molecular weight is 235 g/mol. The first-order valence-electron chi connectivity index (χ1n) is 3.65. The molecule has 0 unspecified atom stereocenters. The van der Waals surface area contributed by atoms with Crippen LogP contribution in [0.25, 0.3) is 0 Å². The molecule has 0 fully saturated rings. The van der Waals surface area contributed by atoms with Gasteiger partial charge in [-0.25, -0.2) is 0 Å². The van der Waals surface area contributed by atoms with E-state index in [2.05, 4.69) is 39.8 Å². The van der Waals surface area contributed by atoms with Crippen LogP contribution < -0.4 is 0 Å². The second kappa shape index (κ2) is 4.02. The van der Waals surface area contributed by atoms with Crippen molar-refractivity contribution >= 4 is 0 Å². The van der Waals surface area contributed by atoms with E-state index in [4.69, 9.17) is 0 Å². The monoisotopic (exact) mass is 236 g/mol. The second-order valence-electron chi connectivity index (χ2n) is 3.02. The molecule has 0 heterocycles. The smallest absolute Gasteiger partial charge is 0 e. The van der Waals surface area contributed by atoms with Crippen molar-refractivity contribution in [3.05, 3.63) is 34.4 Å². The van der Waals surface area contributed by atoms with Crippen LogP contribution in [0.3, 0.4) is 0 Å². The van der Waals surface area contributed by atoms with Crippen molar-refractivity contribution in [1.82, 2.24) is 0 Å². The fraction of sp³-hybridized carbons (Fsp3) is 0.400. The first-order chi connectivity index (χ1) is 4.61. The third-order valence-corrected chi connectivity index (χ3v) is 2.11. The first-order valence-corrected chi connectivity index (χ1v) is 3.65. The fourth-order valence-corrected chi connectivity index (χ4v) is 1.10. The maximum Gasteiger partial charge on any atom is 0 e. The zero-order valence-electron chi connectivity index (χ0n) is 7.51. The van der Waals surface area contributed by atoms with Gasteiger partial charge < -0.3 is 0 Å². The summed E-state index contributed by atoms with van der Waals surface area (Å²) in [6, 6.07) is 4.48. The molecule has 0 spiro atoms. The summed E-state index contributed by atoms with van der Waals surface area (Å²) >= 11 is 0. The molecule has 0 aliphatic carbocycles. The Morgan fingerprint density at radius 3 is 1.00 bits per heavy atom. The Kier molecular flexibility index (Phi) is 3.96. The van der Waals surface area contributed by atoms with Crippen molar-refractivity contribution in [1.29, 1.82) is 0 Å². The van der Waals surface area contributed by atoms with Crippen molar-refractivity contribution in [3.63, 3.8) is 0 Å². The maximum atomic E-state index is 2.24. The number of aryl methyl sites for hydroxylation is 4. The third-order valence-electron chi connectivity index (χ3n) is 2.11. The summed E-state index contributed by atoms with van der Waals surface area (Å²) in [5.74, 6) is 0. The van der Waals surface area contributed by atoms with Gasteiger partial charge >= 0.3 is 0 Å². The predicted molar refractivity (Wildman–Crippen MR) is 45.4 cm³/mol. The van der Waals surface area contributed by atoms with Crippen LogP contribution in [-0.2, 0) is 19.5 Å². The van der Waals surface area contributed by atoms with Gasteiger partial charge in [0, 0.05) is 19.5 Å². The van der Waals surface area contributed by atoms with Gasteiger partial charge in [-0.3, -0.25) is 0 Å². The van der Waals surface area contributed by atoms with E-state index in [-0.39, 0.29) is 19.5 Å². The summed E-state index contributed by atoms with van der Waals surface area (Å²) in [7, 11) is 0. The molecule has 0 aliphatic heterocycles. The molecule has 1 rings (SSSR count). The van der Waals surface area contributed by atoms with E-state index < -0.39 is 0 Å². The summed E-state index contributed by atoms with van der Waals surface area (Å²) in [5.41, 5.74) is 5.57. The minimum atomic E-state index is 0. The van der Waals surface area contributed by atoms with E-state index >= 15 is 0 Å². The van der Waals surface area contributed by atoms with E-state index in [1.54, 1.807) is 0 Å². The maximum absolute atomic E-state index is 2.24. The molecule has 0 saturated heterocycles. The zero-order valence-corrected chi connectivity index (χ0v) is 9.25. The van der Waals surface area contributed by atoms with Crippen LogP contribution in [-0.4, -0.2) is 0 Å². The van der Waals surface area contributed by atoms with Gasteiger partial charge in [0.25, 0.3) is 0 Å². The molecule has 0 amide bonds. The van der Waals surface area contributed by atoms with Gasteiger partial charge in [0.1, 0.15) is 0 Å². The molecule has 0 nitrogen and oxygen atoms in total. The van der Waals surface area contributed by atoms with Gasteiger partial charge in [0.15, 0.2) is 0 Å². The van der Waals surface area contributed by atoms with Crippen molar-refractivity contribution < 1.29 is 19.5 Å². The van der Waals surface area contributed by atoms with Crippen molar-refractivity contribution in [2.24, 2.45) is 0 Å². The Morgan fingerprint density at radius 1 is 0.636 bits per heavy atom. The molecular weight excluding hydrogens is 221 g/mol. The number of benzene rings is 1. The molecule has 0 aliphatic rings. The van der Waals surface area contributed by atoms with Gasteiger partial charge in [0.2, 0.25) is 0 Å². The molecule has 0 N–H and O–H groups in total. The minimum absolute atomic E-state index is 0. The molecule has 0 radical (unpaired) electrons. The zero-order chi connectivity index (χ0) is 7.72. The number of rotatable bonds is 0. The predicted octanol–water partition coefficient (Wildman–Crippen LogP) is 2.92. The molecule has 0 atom stereocenters. The van der Waals surface area contributed by atoms with Crippen molar-refractivity contribution in [3.8, 4) is 0 Å². The topological polar surface area (TPSA) is 0 Å². The molecular formula is C10H14Ru. The standard InChI is InChI=1S/C10H14.Ru/c1-7-5-9(3)10(4)6-8(7)2;/h5-6H,1-4H3;. The quantitative estimate of drug-likeness (QED) is 0.606. The van der Waals surface area contributed by atoms with E-state index in [9.17, 15) is 0 Å². The Bertz CT molecular complexity index is 201. The van der Waals surface area contributed by atoms with Gasteiger partial charge in [-0.05, 0) is 49.9 Å². The largest absolute Gasteiger partial charge is 0.0559 e. The SMILES string of the molecule is Cc1cc(C)c(C)cc1C.[Ru]. The van der Waals surface area contributed by atoms with Crippen LogP contribution in [0.5, 0.6) is 0 Å². The molecule has 1 aromatic rings. The van der Waals surface area contributed by atoms with Crippen LogP contribution >= 0.6 is 0 Å². The molecule has 1 aromatic carbocycles. The Labute approximate surface area is 81.8 Å². The summed E-state index contributed by atoms with van der Waals surface area (Å²) in [6.45, 7) is 8.62. The van der Waals surface area contributed by atoms with Crippen LogP contribution in [0.4, 0.5) is 0 Å². The van der Waals surface area contributed by atoms with Crippen LogP contribution in [0.2, 0.25) is 0 Å². The molecule has 0 bridgehead atoms. The Hall–Kier alpha value is -0.157. The Balaban J connectivity index is 0.000001000. The minimum Gasteiger partial charge on any atom is -0.0559 e. The van der Waals surface area contributed by atoms with Gasteiger partial charge in [-0.2, -0.15) is 0 Å². The number of hydrogen-bond donors (Lipinski definition) is 0. The van der Waals surface area contributed by atoms with Gasteiger partial charge in [-0.1, -0.05) is 12.1 Å². The fourth-order valence-electron chi connectivity index (χ4n) is 1.10. The van der Waals surface area contributed by atoms with Crippen LogP contribution in [0.15, 0.2) is 12.1 Å². The molecule has 0 aromatic heterocycles. The van der Waals surface area contributed by atoms with E-state index in [0.29, 0.717) is 0 Å². The second-order valence-corrected chi connectivity index (χ2v) is 3.02. The van der Waals surface area contributed by atoms with Gasteiger partial charge in [-0.15, -0.1) is 0 Å². The summed E-state index contributed by atoms with van der Waals surface area (Å²) in [5, 5.41) is 0. The van der Waals surface area contributed by atoms with Crippen molar-refractivity contribution in [2.75, 3.05) is 0 Å². The molecule has 0 saturated carbocycles. The molecule has 62 valence electrons. The molecule has 11 heavy (non-hydrogen) atoms. The Morgan fingerprint density at radius 2 is 0.818 bits per heavy atom. The summed E-state index contributed by atoms with van der Waals surface area (Å²) in [4.78, 5) is 0. The average Bonchev–Trinajstić information content (AvgIpc) is 1.84. The van der Waals surface area contributed by atoms with E-state index in [0.717, 1.165) is 0 Å². The van der Waals surface area contributed by atoms with Crippen LogP contribution in [0, 0.1) is 27.7 Å². The van der Waals surface area contributed by atoms with E-state index in [1.165, 1.54) is 22.3 Å². The van der Waals surface area contributed by atoms with Gasteiger partial charge in [0.05, 0.1) is 0 Å². The van der Waals surface area contributed by atoms with Crippen molar-refractivity contribution in [2.45, 2.75) is 27.7 Å². The number of hydrogen-bond acceptors (Lipinski definition) is 0. The first kappa shape index (κ1) is 10.8. The van der Waals surface area contributed by atoms with E-state index in [1.807, 2.05) is 0 Å². The third kappa shape index (κ3) is 2.41. The normalized spacial score (nSPS) is 9.09. The summed E-state index contributed by atoms with van der Waals surface area (Å²) < 4.78 is 0. The van der Waals surface area contributed by atoms with Crippen LogP contribution in [0.1, 0.15) is 22.3 Å².